The molecule has 0 radical (unpaired) electrons. The van der Waals surface area contributed by atoms with Gasteiger partial charge in [0.05, 0.1) is 13.2 Å². The van der Waals surface area contributed by atoms with Gasteiger partial charge in [0, 0.05) is 32.1 Å². The van der Waals surface area contributed by atoms with Gasteiger partial charge in [0.1, 0.15) is 24.4 Å². The average Bonchev–Trinajstić information content (AvgIpc) is 2.71. The molecule has 0 bridgehead atoms. The third-order valence-corrected chi connectivity index (χ3v) is 4.98. The number of rotatable bonds is 15. The number of hydrogen-bond acceptors (Lipinski definition) is 9. The van der Waals surface area contributed by atoms with E-state index in [-0.39, 0.29) is 12.5 Å². The predicted octanol–water partition coefficient (Wildman–Crippen LogP) is -1.80. The van der Waals surface area contributed by atoms with Crippen molar-refractivity contribution in [1.29, 1.82) is 0 Å². The van der Waals surface area contributed by atoms with Gasteiger partial charge in [0.25, 0.3) is 0 Å². The molecule has 0 aromatic carbocycles. The molecule has 1 saturated heterocycles. The molecule has 1 fully saturated rings. The zero-order chi connectivity index (χ0) is 21.6. The molecule has 10 heteroatoms. The standard InChI is InChI=1S/C19H39N3O7/c1-13(6-4-2-3-5-7-15(24)22-9-8-20)21-10-11-28-19-18(27)17(26)16(25)14(12-23)29-19/h13-14,16-19,21,23,25-27H,2-12,20H2,1H3,(H,22,24)/t13?,14-,16+,17+,18-,19-/m1/s1. The number of carbonyl (C=O) groups is 1. The first kappa shape index (κ1) is 26.2. The number of nitrogens with one attached hydrogen (secondary N) is 2. The number of hydrogen-bond donors (Lipinski definition) is 7. The Morgan fingerprint density at radius 1 is 1.10 bits per heavy atom. The number of unbranched alkanes of at least 4 members (excludes halogenated alkanes) is 3. The first-order valence-corrected chi connectivity index (χ1v) is 10.5. The van der Waals surface area contributed by atoms with E-state index in [1.54, 1.807) is 0 Å². The summed E-state index contributed by atoms with van der Waals surface area (Å²) in [6.07, 6.45) is -0.664. The molecular formula is C19H39N3O7. The van der Waals surface area contributed by atoms with Crippen LogP contribution in [0.3, 0.4) is 0 Å². The summed E-state index contributed by atoms with van der Waals surface area (Å²) >= 11 is 0. The van der Waals surface area contributed by atoms with Crippen LogP contribution in [0.1, 0.15) is 45.4 Å². The van der Waals surface area contributed by atoms with Crippen LogP contribution in [-0.2, 0) is 14.3 Å². The Balaban J connectivity index is 2.05. The van der Waals surface area contributed by atoms with Crippen molar-refractivity contribution in [2.24, 2.45) is 5.73 Å². The van der Waals surface area contributed by atoms with Crippen molar-refractivity contribution in [1.82, 2.24) is 10.6 Å². The van der Waals surface area contributed by atoms with E-state index >= 15 is 0 Å². The van der Waals surface area contributed by atoms with Crippen LogP contribution >= 0.6 is 0 Å². The lowest BCUT2D eigenvalue weighted by Crippen LogP contribution is -2.59. The fraction of sp³-hybridized carbons (Fsp3) is 0.947. The largest absolute Gasteiger partial charge is 0.394 e. The van der Waals surface area contributed by atoms with Crippen LogP contribution in [0.25, 0.3) is 0 Å². The first-order valence-electron chi connectivity index (χ1n) is 10.5. The maximum absolute atomic E-state index is 11.4. The van der Waals surface area contributed by atoms with Gasteiger partial charge < -0.3 is 46.3 Å². The van der Waals surface area contributed by atoms with E-state index in [0.29, 0.717) is 32.1 Å². The van der Waals surface area contributed by atoms with Gasteiger partial charge in [-0.25, -0.2) is 0 Å². The SMILES string of the molecule is CC(CCCCCCC(=O)NCCN)NCCO[C@@H]1O[C@H](CO)[C@H](O)[C@H](O)[C@H]1O. The van der Waals surface area contributed by atoms with Crippen LogP contribution in [0, 0.1) is 0 Å². The van der Waals surface area contributed by atoms with Gasteiger partial charge in [0.2, 0.25) is 5.91 Å². The van der Waals surface area contributed by atoms with Crippen molar-refractivity contribution in [2.75, 3.05) is 32.8 Å². The summed E-state index contributed by atoms with van der Waals surface area (Å²) in [4.78, 5) is 11.4. The van der Waals surface area contributed by atoms with Gasteiger partial charge in [0.15, 0.2) is 6.29 Å². The topological polar surface area (TPSA) is 167 Å². The Kier molecular flexibility index (Phi) is 13.6. The summed E-state index contributed by atoms with van der Waals surface area (Å²) in [5.74, 6) is 0.0601. The smallest absolute Gasteiger partial charge is 0.220 e. The number of ether oxygens (including phenoxy) is 2. The molecule has 1 unspecified atom stereocenters. The molecule has 1 amide bonds. The van der Waals surface area contributed by atoms with Gasteiger partial charge >= 0.3 is 0 Å². The van der Waals surface area contributed by atoms with Gasteiger partial charge in [-0.05, 0) is 19.8 Å². The summed E-state index contributed by atoms with van der Waals surface area (Å²) in [6.45, 7) is 3.39. The molecule has 0 aliphatic carbocycles. The highest BCUT2D eigenvalue weighted by Crippen LogP contribution is 2.21. The van der Waals surface area contributed by atoms with Gasteiger partial charge in [-0.15, -0.1) is 0 Å². The molecule has 1 heterocycles. The third-order valence-electron chi connectivity index (χ3n) is 4.98. The minimum atomic E-state index is -1.43. The van der Waals surface area contributed by atoms with Crippen molar-refractivity contribution in [2.45, 2.75) is 82.2 Å². The molecule has 1 rings (SSSR count). The van der Waals surface area contributed by atoms with Crippen molar-refractivity contribution in [3.05, 3.63) is 0 Å². The predicted molar refractivity (Wildman–Crippen MR) is 107 cm³/mol. The van der Waals surface area contributed by atoms with Crippen LogP contribution in [-0.4, -0.2) is 95.9 Å². The summed E-state index contributed by atoms with van der Waals surface area (Å²) in [5, 5.41) is 44.6. The quantitative estimate of drug-likeness (QED) is 0.151. The number of nitrogens with two attached hydrogens (primary N) is 1. The van der Waals surface area contributed by atoms with Gasteiger partial charge in [-0.1, -0.05) is 19.3 Å². The van der Waals surface area contributed by atoms with E-state index in [0.717, 1.165) is 32.1 Å². The van der Waals surface area contributed by atoms with E-state index in [9.17, 15) is 20.1 Å². The molecule has 172 valence electrons. The van der Waals surface area contributed by atoms with Crippen molar-refractivity contribution in [3.63, 3.8) is 0 Å². The molecule has 0 spiro atoms. The second kappa shape index (κ2) is 15.0. The lowest BCUT2D eigenvalue weighted by Gasteiger charge is -2.39. The Labute approximate surface area is 172 Å². The fourth-order valence-corrected chi connectivity index (χ4v) is 3.18. The van der Waals surface area contributed by atoms with Crippen LogP contribution in [0.5, 0.6) is 0 Å². The highest BCUT2D eigenvalue weighted by Gasteiger charge is 2.43. The minimum absolute atomic E-state index is 0.0601. The molecule has 1 aliphatic heterocycles. The molecule has 10 nitrogen and oxygen atoms in total. The third kappa shape index (κ3) is 10.1. The second-order valence-electron chi connectivity index (χ2n) is 7.51. The van der Waals surface area contributed by atoms with Crippen LogP contribution in [0.4, 0.5) is 0 Å². The van der Waals surface area contributed by atoms with Gasteiger partial charge in [-0.2, -0.15) is 0 Å². The van der Waals surface area contributed by atoms with Crippen LogP contribution in [0.15, 0.2) is 0 Å². The molecular weight excluding hydrogens is 382 g/mol. The molecule has 0 aromatic rings. The second-order valence-corrected chi connectivity index (χ2v) is 7.51. The highest BCUT2D eigenvalue weighted by molar-refractivity contribution is 5.75. The summed E-state index contributed by atoms with van der Waals surface area (Å²) in [6, 6.07) is 0.293. The van der Waals surface area contributed by atoms with E-state index in [1.807, 2.05) is 0 Å². The Bertz CT molecular complexity index is 442. The van der Waals surface area contributed by atoms with Crippen LogP contribution < -0.4 is 16.4 Å². The Hall–Kier alpha value is -0.850. The van der Waals surface area contributed by atoms with Crippen molar-refractivity contribution >= 4 is 5.91 Å². The lowest BCUT2D eigenvalue weighted by molar-refractivity contribution is -0.300. The summed E-state index contributed by atoms with van der Waals surface area (Å²) in [7, 11) is 0. The molecule has 29 heavy (non-hydrogen) atoms. The number of amides is 1. The zero-order valence-corrected chi connectivity index (χ0v) is 17.3. The number of aliphatic hydroxyl groups is 4. The Morgan fingerprint density at radius 3 is 2.52 bits per heavy atom. The van der Waals surface area contributed by atoms with E-state index in [1.165, 1.54) is 0 Å². The van der Waals surface area contributed by atoms with E-state index in [2.05, 4.69) is 17.6 Å². The summed E-state index contributed by atoms with van der Waals surface area (Å²) in [5.41, 5.74) is 5.33. The fourth-order valence-electron chi connectivity index (χ4n) is 3.18. The lowest BCUT2D eigenvalue weighted by atomic mass is 9.99. The van der Waals surface area contributed by atoms with Crippen LogP contribution in [0.2, 0.25) is 0 Å². The molecule has 0 aromatic heterocycles. The Morgan fingerprint density at radius 2 is 1.83 bits per heavy atom. The molecule has 8 N–H and O–H groups in total. The molecule has 1 aliphatic rings. The maximum Gasteiger partial charge on any atom is 0.220 e. The minimum Gasteiger partial charge on any atom is -0.394 e. The summed E-state index contributed by atoms with van der Waals surface area (Å²) < 4.78 is 10.7. The maximum atomic E-state index is 11.4. The van der Waals surface area contributed by atoms with E-state index < -0.39 is 37.3 Å². The highest BCUT2D eigenvalue weighted by atomic mass is 16.7. The van der Waals surface area contributed by atoms with Gasteiger partial charge in [-0.3, -0.25) is 4.79 Å². The monoisotopic (exact) mass is 421 g/mol. The van der Waals surface area contributed by atoms with Crippen molar-refractivity contribution < 1.29 is 34.7 Å². The average molecular weight is 422 g/mol. The molecule has 6 atom stereocenters. The zero-order valence-electron chi connectivity index (χ0n) is 17.3. The number of carbonyl (C=O) groups excluding carboxylic acids is 1. The molecule has 0 saturated carbocycles. The van der Waals surface area contributed by atoms with E-state index in [4.69, 9.17) is 20.3 Å². The van der Waals surface area contributed by atoms with Crippen molar-refractivity contribution in [3.8, 4) is 0 Å². The first-order chi connectivity index (χ1) is 13.9. The normalized spacial score (nSPS) is 28.3. The number of aliphatic hydroxyl groups excluding tert-OH is 4.